The third kappa shape index (κ3) is 2.12. The molecule has 1 rings (SSSR count). The minimum absolute atomic E-state index is 0.308. The Hall–Kier alpha value is -0.900. The molecule has 1 aromatic carbocycles. The molecule has 0 fully saturated rings. The Balaban J connectivity index is 3.11. The molecule has 0 radical (unpaired) electrons. The van der Waals surface area contributed by atoms with Crippen LogP contribution in [0.5, 0.6) is 0 Å². The van der Waals surface area contributed by atoms with Crippen molar-refractivity contribution in [3.05, 3.63) is 33.5 Å². The highest BCUT2D eigenvalue weighted by Gasteiger charge is 2.14. The minimum atomic E-state index is -0.425. The Kier molecular flexibility index (Phi) is 3.63. The summed E-state index contributed by atoms with van der Waals surface area (Å²) in [6.45, 7) is 3.71. The van der Waals surface area contributed by atoms with Crippen LogP contribution < -0.4 is 0 Å². The summed E-state index contributed by atoms with van der Waals surface area (Å²) < 4.78 is 18.1. The summed E-state index contributed by atoms with van der Waals surface area (Å²) in [5.41, 5.74) is 0.948. The second-order valence-electron chi connectivity index (χ2n) is 2.75. The van der Waals surface area contributed by atoms with Gasteiger partial charge in [0.15, 0.2) is 0 Å². The van der Waals surface area contributed by atoms with Crippen LogP contribution in [0.4, 0.5) is 4.39 Å². The quantitative estimate of drug-likeness (QED) is 0.765. The number of ether oxygens (including phenoxy) is 1. The average molecular weight is 261 g/mol. The van der Waals surface area contributed by atoms with Crippen molar-refractivity contribution in [2.24, 2.45) is 0 Å². The van der Waals surface area contributed by atoms with E-state index in [0.717, 1.165) is 0 Å². The van der Waals surface area contributed by atoms with Crippen LogP contribution in [-0.4, -0.2) is 12.6 Å². The smallest absolute Gasteiger partial charge is 0.338 e. The van der Waals surface area contributed by atoms with Gasteiger partial charge < -0.3 is 4.74 Å². The Bertz CT molecular complexity index is 363. The van der Waals surface area contributed by atoms with Crippen molar-refractivity contribution in [3.63, 3.8) is 0 Å². The molecule has 14 heavy (non-hydrogen) atoms. The van der Waals surface area contributed by atoms with Gasteiger partial charge in [0.2, 0.25) is 0 Å². The van der Waals surface area contributed by atoms with Gasteiger partial charge in [-0.25, -0.2) is 9.18 Å². The molecule has 0 unspecified atom stereocenters. The second-order valence-corrected chi connectivity index (χ2v) is 3.55. The van der Waals surface area contributed by atoms with E-state index in [1.54, 1.807) is 13.8 Å². The van der Waals surface area contributed by atoms with E-state index in [1.807, 2.05) is 0 Å². The van der Waals surface area contributed by atoms with Crippen LogP contribution in [0.15, 0.2) is 16.6 Å². The molecule has 0 N–H and O–H groups in total. The normalized spacial score (nSPS) is 10.0. The van der Waals surface area contributed by atoms with Crippen molar-refractivity contribution in [1.29, 1.82) is 0 Å². The fourth-order valence-electron chi connectivity index (χ4n) is 1.08. The molecule has 0 saturated carbocycles. The number of rotatable bonds is 2. The fraction of sp³-hybridized carbons (Fsp3) is 0.300. The van der Waals surface area contributed by atoms with E-state index in [9.17, 15) is 9.18 Å². The molecule has 0 amide bonds. The number of halogens is 2. The van der Waals surface area contributed by atoms with Crippen molar-refractivity contribution in [2.45, 2.75) is 13.8 Å². The number of esters is 1. The highest BCUT2D eigenvalue weighted by molar-refractivity contribution is 9.10. The molecule has 0 aromatic heterocycles. The Morgan fingerprint density at radius 2 is 2.21 bits per heavy atom. The highest BCUT2D eigenvalue weighted by atomic mass is 79.9. The van der Waals surface area contributed by atoms with Gasteiger partial charge in [0.1, 0.15) is 5.82 Å². The van der Waals surface area contributed by atoms with E-state index in [1.165, 1.54) is 12.1 Å². The van der Waals surface area contributed by atoms with Gasteiger partial charge in [-0.05, 0) is 47.5 Å². The Labute approximate surface area is 90.2 Å². The van der Waals surface area contributed by atoms with Gasteiger partial charge >= 0.3 is 5.97 Å². The maximum absolute atomic E-state index is 13.0. The monoisotopic (exact) mass is 260 g/mol. The molecular formula is C10H10BrFO2. The molecular weight excluding hydrogens is 251 g/mol. The number of benzene rings is 1. The molecule has 4 heteroatoms. The maximum atomic E-state index is 13.0. The summed E-state index contributed by atoms with van der Waals surface area (Å²) >= 11 is 3.07. The van der Waals surface area contributed by atoms with Gasteiger partial charge in [-0.15, -0.1) is 0 Å². The number of hydrogen-bond acceptors (Lipinski definition) is 2. The first-order chi connectivity index (χ1) is 6.57. The fourth-order valence-corrected chi connectivity index (χ4v) is 1.43. The third-order valence-corrected chi connectivity index (χ3v) is 2.81. The largest absolute Gasteiger partial charge is 0.462 e. The predicted molar refractivity (Wildman–Crippen MR) is 54.8 cm³/mol. The molecule has 76 valence electrons. The van der Waals surface area contributed by atoms with Crippen molar-refractivity contribution < 1.29 is 13.9 Å². The first-order valence-corrected chi connectivity index (χ1v) is 4.99. The van der Waals surface area contributed by atoms with Crippen molar-refractivity contribution in [2.75, 3.05) is 6.61 Å². The Morgan fingerprint density at radius 1 is 1.57 bits per heavy atom. The van der Waals surface area contributed by atoms with Crippen LogP contribution in [0.25, 0.3) is 0 Å². The molecule has 0 aliphatic rings. The van der Waals surface area contributed by atoms with Gasteiger partial charge in [-0.3, -0.25) is 0 Å². The Morgan fingerprint density at radius 3 is 2.79 bits per heavy atom. The van der Waals surface area contributed by atoms with Gasteiger partial charge in [-0.1, -0.05) is 0 Å². The van der Waals surface area contributed by atoms with Crippen molar-refractivity contribution >= 4 is 21.9 Å². The zero-order valence-corrected chi connectivity index (χ0v) is 9.52. The van der Waals surface area contributed by atoms with Crippen molar-refractivity contribution in [1.82, 2.24) is 0 Å². The third-order valence-electron chi connectivity index (χ3n) is 1.83. The lowest BCUT2D eigenvalue weighted by Crippen LogP contribution is -2.07. The minimum Gasteiger partial charge on any atom is -0.462 e. The van der Waals surface area contributed by atoms with Gasteiger partial charge in [0.05, 0.1) is 16.6 Å². The van der Waals surface area contributed by atoms with Gasteiger partial charge in [0, 0.05) is 0 Å². The van der Waals surface area contributed by atoms with E-state index >= 15 is 0 Å². The molecule has 2 nitrogen and oxygen atoms in total. The van der Waals surface area contributed by atoms with Crippen LogP contribution >= 0.6 is 15.9 Å². The maximum Gasteiger partial charge on any atom is 0.338 e. The molecule has 0 aliphatic carbocycles. The number of hydrogen-bond donors (Lipinski definition) is 0. The topological polar surface area (TPSA) is 26.3 Å². The molecule has 0 heterocycles. The van der Waals surface area contributed by atoms with Crippen LogP contribution in [0, 0.1) is 12.7 Å². The van der Waals surface area contributed by atoms with E-state index in [2.05, 4.69) is 15.9 Å². The molecule has 0 aliphatic heterocycles. The highest BCUT2D eigenvalue weighted by Crippen LogP contribution is 2.23. The first kappa shape index (κ1) is 11.2. The number of carbonyl (C=O) groups excluding carboxylic acids is 1. The summed E-state index contributed by atoms with van der Waals surface area (Å²) in [7, 11) is 0. The molecule has 0 spiro atoms. The summed E-state index contributed by atoms with van der Waals surface area (Å²) in [5.74, 6) is -0.804. The van der Waals surface area contributed by atoms with Crippen LogP contribution in [0.2, 0.25) is 0 Å². The zero-order chi connectivity index (χ0) is 10.7. The summed E-state index contributed by atoms with van der Waals surface area (Å²) in [6, 6.07) is 2.66. The predicted octanol–water partition coefficient (Wildman–Crippen LogP) is 3.07. The van der Waals surface area contributed by atoms with Gasteiger partial charge in [0.25, 0.3) is 0 Å². The van der Waals surface area contributed by atoms with Crippen LogP contribution in [0.1, 0.15) is 22.8 Å². The summed E-state index contributed by atoms with van der Waals surface area (Å²) in [6.07, 6.45) is 0. The average Bonchev–Trinajstić information content (AvgIpc) is 2.15. The lowest BCUT2D eigenvalue weighted by atomic mass is 10.1. The van der Waals surface area contributed by atoms with Gasteiger partial charge in [-0.2, -0.15) is 0 Å². The van der Waals surface area contributed by atoms with Crippen LogP contribution in [-0.2, 0) is 4.74 Å². The van der Waals surface area contributed by atoms with Crippen molar-refractivity contribution in [3.8, 4) is 0 Å². The molecule has 0 bridgehead atoms. The zero-order valence-electron chi connectivity index (χ0n) is 7.93. The van der Waals surface area contributed by atoms with E-state index < -0.39 is 5.97 Å². The molecule has 0 atom stereocenters. The lowest BCUT2D eigenvalue weighted by molar-refractivity contribution is 0.0525. The number of carbonyl (C=O) groups is 1. The molecule has 1 aromatic rings. The standard InChI is InChI=1S/C10H10BrFO2/c1-3-14-10(13)7-4-5-8(12)9(11)6(7)2/h4-5H,3H2,1-2H3. The second kappa shape index (κ2) is 4.55. The summed E-state index contributed by atoms with van der Waals surface area (Å²) in [5, 5.41) is 0. The SMILES string of the molecule is CCOC(=O)c1ccc(F)c(Br)c1C. The van der Waals surface area contributed by atoms with E-state index in [0.29, 0.717) is 22.2 Å². The summed E-state index contributed by atoms with van der Waals surface area (Å²) in [4.78, 5) is 11.4. The molecule has 0 saturated heterocycles. The lowest BCUT2D eigenvalue weighted by Gasteiger charge is -2.07. The van der Waals surface area contributed by atoms with E-state index in [4.69, 9.17) is 4.74 Å². The van der Waals surface area contributed by atoms with E-state index in [-0.39, 0.29) is 5.82 Å². The first-order valence-electron chi connectivity index (χ1n) is 4.19. The van der Waals surface area contributed by atoms with Crippen LogP contribution in [0.3, 0.4) is 0 Å².